The standard InChI is InChI=1S/C17H17F2NO2/c1-11(2)12-3-5-16(6-4-12)22-10-17(21)20-15-8-13(18)7-14(19)9-15/h3-9,11H,10H2,1-2H3,(H,20,21). The molecule has 2 rings (SSSR count). The second-order valence-corrected chi connectivity index (χ2v) is 5.22. The highest BCUT2D eigenvalue weighted by Gasteiger charge is 2.07. The molecule has 0 aliphatic rings. The second kappa shape index (κ2) is 7.02. The summed E-state index contributed by atoms with van der Waals surface area (Å²) in [5.41, 5.74) is 1.23. The Labute approximate surface area is 127 Å². The van der Waals surface area contributed by atoms with Crippen molar-refractivity contribution in [1.29, 1.82) is 0 Å². The fourth-order valence-corrected chi connectivity index (χ4v) is 1.92. The maximum atomic E-state index is 13.0. The summed E-state index contributed by atoms with van der Waals surface area (Å²) in [4.78, 5) is 11.7. The zero-order valence-corrected chi connectivity index (χ0v) is 12.4. The average Bonchev–Trinajstić information content (AvgIpc) is 2.44. The van der Waals surface area contributed by atoms with E-state index in [0.29, 0.717) is 11.7 Å². The summed E-state index contributed by atoms with van der Waals surface area (Å²) in [5.74, 6) is -1.01. The van der Waals surface area contributed by atoms with Gasteiger partial charge < -0.3 is 10.1 Å². The van der Waals surface area contributed by atoms with Gasteiger partial charge in [0.2, 0.25) is 0 Å². The van der Waals surface area contributed by atoms with E-state index in [2.05, 4.69) is 19.2 Å². The van der Waals surface area contributed by atoms with Gasteiger partial charge in [-0.1, -0.05) is 26.0 Å². The third kappa shape index (κ3) is 4.55. The van der Waals surface area contributed by atoms with Crippen LogP contribution < -0.4 is 10.1 Å². The Balaban J connectivity index is 1.89. The Morgan fingerprint density at radius 3 is 2.23 bits per heavy atom. The van der Waals surface area contributed by atoms with Crippen LogP contribution in [0.4, 0.5) is 14.5 Å². The van der Waals surface area contributed by atoms with Crippen molar-refractivity contribution in [2.75, 3.05) is 11.9 Å². The first-order chi connectivity index (χ1) is 10.4. The van der Waals surface area contributed by atoms with E-state index in [1.807, 2.05) is 12.1 Å². The van der Waals surface area contributed by atoms with Gasteiger partial charge in [-0.05, 0) is 35.7 Å². The minimum Gasteiger partial charge on any atom is -0.484 e. The lowest BCUT2D eigenvalue weighted by Gasteiger charge is -2.09. The fourth-order valence-electron chi connectivity index (χ4n) is 1.92. The van der Waals surface area contributed by atoms with Gasteiger partial charge in [0.05, 0.1) is 0 Å². The van der Waals surface area contributed by atoms with E-state index in [0.717, 1.165) is 18.2 Å². The van der Waals surface area contributed by atoms with Gasteiger partial charge in [0, 0.05) is 11.8 Å². The largest absolute Gasteiger partial charge is 0.484 e. The van der Waals surface area contributed by atoms with Gasteiger partial charge in [-0.3, -0.25) is 4.79 Å². The van der Waals surface area contributed by atoms with Crippen molar-refractivity contribution in [2.45, 2.75) is 19.8 Å². The molecule has 0 aliphatic carbocycles. The molecule has 0 heterocycles. The Morgan fingerprint density at radius 2 is 1.68 bits per heavy atom. The number of anilines is 1. The molecule has 0 fully saturated rings. The lowest BCUT2D eigenvalue weighted by molar-refractivity contribution is -0.118. The summed E-state index contributed by atoms with van der Waals surface area (Å²) in [6.07, 6.45) is 0. The summed E-state index contributed by atoms with van der Waals surface area (Å²) in [6, 6.07) is 10.2. The molecule has 116 valence electrons. The van der Waals surface area contributed by atoms with Crippen LogP contribution in [-0.2, 0) is 4.79 Å². The Bertz CT molecular complexity index is 634. The number of carbonyl (C=O) groups excluding carboxylic acids is 1. The highest BCUT2D eigenvalue weighted by atomic mass is 19.1. The van der Waals surface area contributed by atoms with Crippen LogP contribution in [0.3, 0.4) is 0 Å². The van der Waals surface area contributed by atoms with E-state index in [4.69, 9.17) is 4.74 Å². The van der Waals surface area contributed by atoms with Crippen LogP contribution >= 0.6 is 0 Å². The first-order valence-corrected chi connectivity index (χ1v) is 6.93. The Kier molecular flexibility index (Phi) is 5.09. The monoisotopic (exact) mass is 305 g/mol. The van der Waals surface area contributed by atoms with Gasteiger partial charge in [-0.15, -0.1) is 0 Å². The maximum Gasteiger partial charge on any atom is 0.262 e. The zero-order chi connectivity index (χ0) is 16.1. The maximum absolute atomic E-state index is 13.0. The van der Waals surface area contributed by atoms with Gasteiger partial charge in [-0.2, -0.15) is 0 Å². The number of hydrogen-bond donors (Lipinski definition) is 1. The normalized spacial score (nSPS) is 10.6. The lowest BCUT2D eigenvalue weighted by Crippen LogP contribution is -2.20. The van der Waals surface area contributed by atoms with Gasteiger partial charge in [0.1, 0.15) is 17.4 Å². The van der Waals surface area contributed by atoms with Crippen LogP contribution in [0.15, 0.2) is 42.5 Å². The van der Waals surface area contributed by atoms with Gasteiger partial charge in [0.25, 0.3) is 5.91 Å². The molecule has 0 unspecified atom stereocenters. The summed E-state index contributed by atoms with van der Waals surface area (Å²) >= 11 is 0. The van der Waals surface area contributed by atoms with Crippen LogP contribution in [0.1, 0.15) is 25.3 Å². The smallest absolute Gasteiger partial charge is 0.262 e. The number of carbonyl (C=O) groups is 1. The predicted octanol–water partition coefficient (Wildman–Crippen LogP) is 4.11. The summed E-state index contributed by atoms with van der Waals surface area (Å²) in [6.45, 7) is 3.93. The van der Waals surface area contributed by atoms with Crippen LogP contribution in [0.5, 0.6) is 5.75 Å². The van der Waals surface area contributed by atoms with E-state index in [1.165, 1.54) is 5.56 Å². The molecule has 0 radical (unpaired) electrons. The van der Waals surface area contributed by atoms with Crippen molar-refractivity contribution in [2.24, 2.45) is 0 Å². The molecule has 5 heteroatoms. The Morgan fingerprint density at radius 1 is 1.09 bits per heavy atom. The number of amides is 1. The van der Waals surface area contributed by atoms with Gasteiger partial charge in [0.15, 0.2) is 6.61 Å². The summed E-state index contributed by atoms with van der Waals surface area (Å²) in [5, 5.41) is 2.38. The molecule has 0 aliphatic heterocycles. The first-order valence-electron chi connectivity index (χ1n) is 6.93. The van der Waals surface area contributed by atoms with Crippen molar-refractivity contribution in [1.82, 2.24) is 0 Å². The molecular formula is C17H17F2NO2. The van der Waals surface area contributed by atoms with Gasteiger partial charge >= 0.3 is 0 Å². The minimum absolute atomic E-state index is 0.0567. The van der Waals surface area contributed by atoms with Crippen molar-refractivity contribution in [3.05, 3.63) is 59.7 Å². The topological polar surface area (TPSA) is 38.3 Å². The molecule has 0 saturated heterocycles. The molecule has 3 nitrogen and oxygen atoms in total. The molecule has 0 bridgehead atoms. The van der Waals surface area contributed by atoms with Crippen molar-refractivity contribution in [3.8, 4) is 5.75 Å². The lowest BCUT2D eigenvalue weighted by atomic mass is 10.0. The quantitative estimate of drug-likeness (QED) is 0.903. The molecule has 2 aromatic rings. The zero-order valence-electron chi connectivity index (χ0n) is 12.4. The molecule has 1 amide bonds. The van der Waals surface area contributed by atoms with Crippen LogP contribution in [-0.4, -0.2) is 12.5 Å². The van der Waals surface area contributed by atoms with Gasteiger partial charge in [-0.25, -0.2) is 8.78 Å². The number of halogens is 2. The fraction of sp³-hybridized carbons (Fsp3) is 0.235. The van der Waals surface area contributed by atoms with Crippen LogP contribution in [0.25, 0.3) is 0 Å². The summed E-state index contributed by atoms with van der Waals surface area (Å²) < 4.78 is 31.4. The molecular weight excluding hydrogens is 288 g/mol. The number of nitrogens with one attached hydrogen (secondary N) is 1. The molecule has 2 aromatic carbocycles. The number of hydrogen-bond acceptors (Lipinski definition) is 2. The van der Waals surface area contributed by atoms with E-state index in [9.17, 15) is 13.6 Å². The van der Waals surface area contributed by atoms with Crippen LogP contribution in [0.2, 0.25) is 0 Å². The van der Waals surface area contributed by atoms with E-state index in [-0.39, 0.29) is 12.3 Å². The van der Waals surface area contributed by atoms with E-state index < -0.39 is 17.5 Å². The summed E-state index contributed by atoms with van der Waals surface area (Å²) in [7, 11) is 0. The highest BCUT2D eigenvalue weighted by molar-refractivity contribution is 5.91. The van der Waals surface area contributed by atoms with Crippen molar-refractivity contribution < 1.29 is 18.3 Å². The SMILES string of the molecule is CC(C)c1ccc(OCC(=O)Nc2cc(F)cc(F)c2)cc1. The first kappa shape index (κ1) is 15.9. The molecule has 0 spiro atoms. The molecule has 1 N–H and O–H groups in total. The molecule has 0 saturated carbocycles. The predicted molar refractivity (Wildman–Crippen MR) is 81.0 cm³/mol. The van der Waals surface area contributed by atoms with Crippen LogP contribution in [0, 0.1) is 11.6 Å². The molecule has 0 atom stereocenters. The van der Waals surface area contributed by atoms with Crippen molar-refractivity contribution in [3.63, 3.8) is 0 Å². The van der Waals surface area contributed by atoms with Crippen molar-refractivity contribution >= 4 is 11.6 Å². The third-order valence-corrected chi connectivity index (χ3v) is 3.06. The minimum atomic E-state index is -0.750. The number of benzene rings is 2. The highest BCUT2D eigenvalue weighted by Crippen LogP contribution is 2.18. The number of ether oxygens (including phenoxy) is 1. The third-order valence-electron chi connectivity index (χ3n) is 3.06. The van der Waals surface area contributed by atoms with E-state index >= 15 is 0 Å². The second-order valence-electron chi connectivity index (χ2n) is 5.22. The number of rotatable bonds is 5. The molecule has 0 aromatic heterocycles. The Hall–Kier alpha value is -2.43. The molecule has 22 heavy (non-hydrogen) atoms. The average molecular weight is 305 g/mol. The van der Waals surface area contributed by atoms with E-state index in [1.54, 1.807) is 12.1 Å².